The summed E-state index contributed by atoms with van der Waals surface area (Å²) >= 11 is 0. The first-order valence-corrected chi connectivity index (χ1v) is 5.12. The number of nitrogens with one attached hydrogen (secondary N) is 3. The summed E-state index contributed by atoms with van der Waals surface area (Å²) in [5.41, 5.74) is 5.80. The van der Waals surface area contributed by atoms with Gasteiger partial charge in [-0.2, -0.15) is 0 Å². The molecule has 0 aromatic heterocycles. The van der Waals surface area contributed by atoms with Crippen LogP contribution in [0.2, 0.25) is 0 Å². The molecule has 6 heteroatoms. The molecule has 1 aromatic carbocycles. The van der Waals surface area contributed by atoms with Gasteiger partial charge in [-0.05, 0) is 17.5 Å². The third-order valence-electron chi connectivity index (χ3n) is 2.15. The summed E-state index contributed by atoms with van der Waals surface area (Å²) < 4.78 is 13.6. The van der Waals surface area contributed by atoms with Crippen molar-refractivity contribution in [1.82, 2.24) is 5.32 Å². The first-order valence-electron chi connectivity index (χ1n) is 5.12. The number of benzene rings is 1. The highest BCUT2D eigenvalue weighted by Crippen LogP contribution is 2.26. The van der Waals surface area contributed by atoms with Crippen molar-refractivity contribution in [2.75, 3.05) is 5.32 Å². The number of carbonyl (C=O) groups excluding carboxylic acids is 1. The summed E-state index contributed by atoms with van der Waals surface area (Å²) in [5, 5.41) is 11.3. The zero-order valence-electron chi connectivity index (χ0n) is 9.67. The molecule has 0 saturated carbocycles. The molecule has 0 fully saturated rings. The summed E-state index contributed by atoms with van der Waals surface area (Å²) in [6.07, 6.45) is 0. The number of anilines is 1. The maximum atomic E-state index is 13.6. The molecule has 0 aliphatic heterocycles. The van der Waals surface area contributed by atoms with E-state index in [1.807, 2.05) is 19.2 Å². The maximum absolute atomic E-state index is 13.6. The van der Waals surface area contributed by atoms with E-state index < -0.39 is 17.8 Å². The number of hydrogen-bond donors (Lipinski definition) is 4. The van der Waals surface area contributed by atoms with E-state index in [-0.39, 0.29) is 11.6 Å². The van der Waals surface area contributed by atoms with Gasteiger partial charge in [0.2, 0.25) is 0 Å². The molecule has 0 atom stereocenters. The summed E-state index contributed by atoms with van der Waals surface area (Å²) in [7, 11) is 0. The van der Waals surface area contributed by atoms with E-state index in [1.54, 1.807) is 12.1 Å². The molecule has 0 saturated heterocycles. The van der Waals surface area contributed by atoms with Gasteiger partial charge >= 0.3 is 6.03 Å². The van der Waals surface area contributed by atoms with Gasteiger partial charge in [-0.1, -0.05) is 26.0 Å². The third kappa shape index (κ3) is 3.44. The molecule has 0 aliphatic carbocycles. The van der Waals surface area contributed by atoms with Crippen molar-refractivity contribution in [2.24, 2.45) is 5.73 Å². The highest BCUT2D eigenvalue weighted by atomic mass is 19.1. The Labute approximate surface area is 98.7 Å². The average molecular weight is 238 g/mol. The van der Waals surface area contributed by atoms with Gasteiger partial charge in [-0.15, -0.1) is 0 Å². The van der Waals surface area contributed by atoms with Crippen LogP contribution in [0.4, 0.5) is 14.9 Å². The number of amides is 2. The molecule has 2 amide bonds. The minimum atomic E-state index is -0.732. The third-order valence-corrected chi connectivity index (χ3v) is 2.15. The predicted molar refractivity (Wildman–Crippen MR) is 64.6 cm³/mol. The fraction of sp³-hybridized carbons (Fsp3) is 0.273. The summed E-state index contributed by atoms with van der Waals surface area (Å²) in [6, 6.07) is 3.84. The average Bonchev–Trinajstić information content (AvgIpc) is 2.19. The Bertz CT molecular complexity index is 445. The van der Waals surface area contributed by atoms with Crippen LogP contribution < -0.4 is 16.4 Å². The first kappa shape index (κ1) is 13.0. The Hall–Kier alpha value is -2.11. The predicted octanol–water partition coefficient (Wildman–Crippen LogP) is 1.96. The van der Waals surface area contributed by atoms with Crippen LogP contribution >= 0.6 is 0 Å². The molecule has 0 heterocycles. The maximum Gasteiger partial charge on any atom is 0.326 e. The van der Waals surface area contributed by atoms with E-state index in [4.69, 9.17) is 11.1 Å². The van der Waals surface area contributed by atoms with E-state index in [1.165, 1.54) is 6.07 Å². The second-order valence-corrected chi connectivity index (χ2v) is 3.85. The first-order chi connectivity index (χ1) is 7.91. The fourth-order valence-corrected chi connectivity index (χ4v) is 1.42. The molecule has 0 unspecified atom stereocenters. The van der Waals surface area contributed by atoms with E-state index >= 15 is 0 Å². The van der Waals surface area contributed by atoms with E-state index in [2.05, 4.69) is 5.32 Å². The van der Waals surface area contributed by atoms with Gasteiger partial charge in [0.05, 0.1) is 5.69 Å². The Morgan fingerprint density at radius 3 is 2.65 bits per heavy atom. The van der Waals surface area contributed by atoms with Crippen LogP contribution in [0.25, 0.3) is 0 Å². The minimum absolute atomic E-state index is 0.0679. The van der Waals surface area contributed by atoms with Crippen LogP contribution in [0.1, 0.15) is 25.3 Å². The van der Waals surface area contributed by atoms with Crippen LogP contribution in [0.15, 0.2) is 18.2 Å². The molecule has 5 N–H and O–H groups in total. The molecule has 5 nitrogen and oxygen atoms in total. The molecular formula is C11H15FN4O. The van der Waals surface area contributed by atoms with Gasteiger partial charge in [-0.25, -0.2) is 9.18 Å². The lowest BCUT2D eigenvalue weighted by molar-refractivity contribution is 0.256. The van der Waals surface area contributed by atoms with E-state index in [0.717, 1.165) is 0 Å². The van der Waals surface area contributed by atoms with Gasteiger partial charge in [0, 0.05) is 0 Å². The number of rotatable bonds is 2. The van der Waals surface area contributed by atoms with Crippen LogP contribution in [-0.4, -0.2) is 12.0 Å². The molecule has 17 heavy (non-hydrogen) atoms. The lowest BCUT2D eigenvalue weighted by atomic mass is 10.0. The normalized spacial score (nSPS) is 10.1. The SMILES string of the molecule is CC(C)c1cccc(F)c1NC(=O)NC(=N)N. The van der Waals surface area contributed by atoms with Crippen molar-refractivity contribution in [1.29, 1.82) is 5.41 Å². The monoisotopic (exact) mass is 238 g/mol. The van der Waals surface area contributed by atoms with Crippen molar-refractivity contribution in [2.45, 2.75) is 19.8 Å². The second kappa shape index (κ2) is 5.29. The Balaban J connectivity index is 2.96. The molecule has 92 valence electrons. The number of para-hydroxylation sites is 1. The van der Waals surface area contributed by atoms with E-state index in [0.29, 0.717) is 5.56 Å². The van der Waals surface area contributed by atoms with Gasteiger partial charge < -0.3 is 11.1 Å². The molecule has 1 aromatic rings. The van der Waals surface area contributed by atoms with E-state index in [9.17, 15) is 9.18 Å². The lowest BCUT2D eigenvalue weighted by Gasteiger charge is -2.14. The van der Waals surface area contributed by atoms with Crippen molar-refractivity contribution in [3.05, 3.63) is 29.6 Å². The number of hydrogen-bond acceptors (Lipinski definition) is 2. The van der Waals surface area contributed by atoms with Gasteiger partial charge in [0.1, 0.15) is 5.82 Å². The number of guanidine groups is 1. The second-order valence-electron chi connectivity index (χ2n) is 3.85. The number of nitrogens with two attached hydrogens (primary N) is 1. The zero-order valence-corrected chi connectivity index (χ0v) is 9.67. The van der Waals surface area contributed by atoms with Crippen molar-refractivity contribution < 1.29 is 9.18 Å². The summed E-state index contributed by atoms with van der Waals surface area (Å²) in [6.45, 7) is 3.78. The van der Waals surface area contributed by atoms with Crippen LogP contribution in [0, 0.1) is 11.2 Å². The molecule has 0 radical (unpaired) electrons. The number of halogens is 1. The topological polar surface area (TPSA) is 91.0 Å². The van der Waals surface area contributed by atoms with Crippen LogP contribution in [0.3, 0.4) is 0 Å². The van der Waals surface area contributed by atoms with Crippen molar-refractivity contribution in [3.63, 3.8) is 0 Å². The molecule has 0 bridgehead atoms. The molecular weight excluding hydrogens is 223 g/mol. The molecule has 0 aliphatic rings. The van der Waals surface area contributed by atoms with Gasteiger partial charge in [0.25, 0.3) is 0 Å². The Kier molecular flexibility index (Phi) is 4.03. The van der Waals surface area contributed by atoms with Gasteiger partial charge in [-0.3, -0.25) is 10.7 Å². The smallest absolute Gasteiger partial charge is 0.326 e. The zero-order chi connectivity index (χ0) is 13.0. The number of urea groups is 1. The van der Waals surface area contributed by atoms with Crippen molar-refractivity contribution in [3.8, 4) is 0 Å². The standard InChI is InChI=1S/C11H15FN4O/c1-6(2)7-4-3-5-8(12)9(7)15-11(17)16-10(13)14/h3-6H,1-2H3,(H5,13,14,15,16,17). The summed E-state index contributed by atoms with van der Waals surface area (Å²) in [5.74, 6) is -0.946. The highest BCUT2D eigenvalue weighted by Gasteiger charge is 2.13. The highest BCUT2D eigenvalue weighted by molar-refractivity contribution is 6.01. The largest absolute Gasteiger partial charge is 0.370 e. The minimum Gasteiger partial charge on any atom is -0.370 e. The Morgan fingerprint density at radius 2 is 2.12 bits per heavy atom. The molecule has 0 spiro atoms. The fourth-order valence-electron chi connectivity index (χ4n) is 1.42. The Morgan fingerprint density at radius 1 is 1.47 bits per heavy atom. The lowest BCUT2D eigenvalue weighted by Crippen LogP contribution is -2.39. The quantitative estimate of drug-likeness (QED) is 0.468. The van der Waals surface area contributed by atoms with Crippen LogP contribution in [0.5, 0.6) is 0 Å². The van der Waals surface area contributed by atoms with Crippen LogP contribution in [-0.2, 0) is 0 Å². The van der Waals surface area contributed by atoms with Gasteiger partial charge in [0.15, 0.2) is 5.96 Å². The molecule has 1 rings (SSSR count). The number of carbonyl (C=O) groups is 1. The summed E-state index contributed by atoms with van der Waals surface area (Å²) in [4.78, 5) is 11.3. The van der Waals surface area contributed by atoms with Crippen molar-refractivity contribution >= 4 is 17.7 Å².